The summed E-state index contributed by atoms with van der Waals surface area (Å²) < 4.78 is 55.7. The fourth-order valence-corrected chi connectivity index (χ4v) is 5.08. The van der Waals surface area contributed by atoms with Crippen LogP contribution in [0.1, 0.15) is 33.0 Å². The van der Waals surface area contributed by atoms with E-state index in [1.54, 1.807) is 32.0 Å². The van der Waals surface area contributed by atoms with Crippen molar-refractivity contribution in [3.8, 4) is 0 Å². The number of benzene rings is 2. The Morgan fingerprint density at radius 3 is 2.44 bits per heavy atom. The first-order valence-corrected chi connectivity index (χ1v) is 11.9. The van der Waals surface area contributed by atoms with Gasteiger partial charge in [-0.2, -0.15) is 4.31 Å². The number of hydrogen-bond donors (Lipinski definition) is 1. The molecule has 2 aromatic carbocycles. The van der Waals surface area contributed by atoms with Crippen LogP contribution in [-0.2, 0) is 27.8 Å². The zero-order valence-corrected chi connectivity index (χ0v) is 19.0. The molecule has 32 heavy (non-hydrogen) atoms. The minimum atomic E-state index is -3.61. The average molecular weight is 465 g/mol. The first-order valence-electron chi connectivity index (χ1n) is 10.4. The van der Waals surface area contributed by atoms with Gasteiger partial charge in [0.1, 0.15) is 17.5 Å². The summed E-state index contributed by atoms with van der Waals surface area (Å²) in [6.45, 7) is 6.82. The van der Waals surface area contributed by atoms with E-state index in [2.05, 4.69) is 10.3 Å². The molecule has 0 saturated heterocycles. The molecule has 0 unspecified atom stereocenters. The van der Waals surface area contributed by atoms with Crippen LogP contribution in [0.3, 0.4) is 0 Å². The number of sulfonamides is 1. The van der Waals surface area contributed by atoms with Gasteiger partial charge in [0, 0.05) is 38.5 Å². The number of hydrogen-bond acceptors (Lipinski definition) is 4. The van der Waals surface area contributed by atoms with Gasteiger partial charge in [-0.25, -0.2) is 22.2 Å². The fourth-order valence-electron chi connectivity index (χ4n) is 3.61. The standard InChI is InChI=1S/C22H26F2N4O3S/c1-4-27(5-2)32(30,31)16-8-10-20-19(14-16)25-21(28(20)6-3)11-12-22(29)26-18-9-7-15(23)13-17(18)24/h7-10,13-14H,4-6,11-12H2,1-3H3,(H,26,29). The molecule has 0 aliphatic carbocycles. The molecule has 1 aromatic heterocycles. The summed E-state index contributed by atoms with van der Waals surface area (Å²) in [4.78, 5) is 17.0. The molecule has 0 aliphatic rings. The number of anilines is 1. The highest BCUT2D eigenvalue weighted by Crippen LogP contribution is 2.24. The van der Waals surface area contributed by atoms with Crippen LogP contribution in [0.15, 0.2) is 41.3 Å². The quantitative estimate of drug-likeness (QED) is 0.520. The predicted octanol–water partition coefficient (Wildman–Crippen LogP) is 3.94. The normalized spacial score (nSPS) is 11.9. The SMILES string of the molecule is CCN(CC)S(=O)(=O)c1ccc2c(c1)nc(CCC(=O)Nc1ccc(F)cc1F)n2CC. The van der Waals surface area contributed by atoms with Crippen molar-refractivity contribution in [1.82, 2.24) is 13.9 Å². The van der Waals surface area contributed by atoms with Gasteiger partial charge < -0.3 is 9.88 Å². The summed E-state index contributed by atoms with van der Waals surface area (Å²) in [5.74, 6) is -1.38. The van der Waals surface area contributed by atoms with Gasteiger partial charge in [0.25, 0.3) is 0 Å². The van der Waals surface area contributed by atoms with Crippen molar-refractivity contribution in [3.63, 3.8) is 0 Å². The number of halogens is 2. The Kier molecular flexibility index (Phi) is 7.25. The minimum Gasteiger partial charge on any atom is -0.328 e. The van der Waals surface area contributed by atoms with E-state index < -0.39 is 27.6 Å². The van der Waals surface area contributed by atoms with Gasteiger partial charge in [0.15, 0.2) is 0 Å². The minimum absolute atomic E-state index is 0.0325. The van der Waals surface area contributed by atoms with E-state index in [1.807, 2.05) is 11.5 Å². The summed E-state index contributed by atoms with van der Waals surface area (Å²) in [5, 5.41) is 2.43. The van der Waals surface area contributed by atoms with E-state index in [0.29, 0.717) is 37.0 Å². The Hall–Kier alpha value is -2.85. The molecule has 0 spiro atoms. The molecule has 0 bridgehead atoms. The number of aryl methyl sites for hydroxylation is 2. The number of fused-ring (bicyclic) bond motifs is 1. The Morgan fingerprint density at radius 2 is 1.81 bits per heavy atom. The van der Waals surface area contributed by atoms with Crippen molar-refractivity contribution in [3.05, 3.63) is 53.9 Å². The Labute approximate surface area is 186 Å². The van der Waals surface area contributed by atoms with E-state index in [4.69, 9.17) is 0 Å². The van der Waals surface area contributed by atoms with E-state index >= 15 is 0 Å². The highest BCUT2D eigenvalue weighted by atomic mass is 32.2. The summed E-state index contributed by atoms with van der Waals surface area (Å²) in [7, 11) is -3.61. The number of amides is 1. The van der Waals surface area contributed by atoms with Crippen LogP contribution in [0.25, 0.3) is 11.0 Å². The van der Waals surface area contributed by atoms with Crippen molar-refractivity contribution in [1.29, 1.82) is 0 Å². The first kappa shape index (κ1) is 23.8. The molecule has 0 saturated carbocycles. The van der Waals surface area contributed by atoms with Gasteiger partial charge in [-0.1, -0.05) is 13.8 Å². The number of carbonyl (C=O) groups is 1. The Bertz CT molecular complexity index is 1240. The van der Waals surface area contributed by atoms with Gasteiger partial charge in [-0.15, -0.1) is 0 Å². The third-order valence-electron chi connectivity index (χ3n) is 5.24. The molecule has 3 aromatic rings. The highest BCUT2D eigenvalue weighted by Gasteiger charge is 2.23. The lowest BCUT2D eigenvalue weighted by atomic mass is 10.2. The van der Waals surface area contributed by atoms with Crippen molar-refractivity contribution in [2.75, 3.05) is 18.4 Å². The van der Waals surface area contributed by atoms with E-state index in [0.717, 1.165) is 11.6 Å². The molecule has 7 nitrogen and oxygen atoms in total. The third-order valence-corrected chi connectivity index (χ3v) is 7.28. The van der Waals surface area contributed by atoms with E-state index in [-0.39, 0.29) is 23.4 Å². The topological polar surface area (TPSA) is 84.3 Å². The second-order valence-electron chi connectivity index (χ2n) is 7.18. The van der Waals surface area contributed by atoms with Crippen LogP contribution in [0.5, 0.6) is 0 Å². The summed E-state index contributed by atoms with van der Waals surface area (Å²) in [6, 6.07) is 7.78. The first-order chi connectivity index (χ1) is 15.2. The van der Waals surface area contributed by atoms with Crippen molar-refractivity contribution >= 4 is 32.7 Å². The number of aromatic nitrogens is 2. The number of imidazole rings is 1. The summed E-state index contributed by atoms with van der Waals surface area (Å²) >= 11 is 0. The molecule has 1 N–H and O–H groups in total. The Morgan fingerprint density at radius 1 is 1.09 bits per heavy atom. The van der Waals surface area contributed by atoms with Crippen LogP contribution in [0, 0.1) is 11.6 Å². The highest BCUT2D eigenvalue weighted by molar-refractivity contribution is 7.89. The van der Waals surface area contributed by atoms with Crippen LogP contribution in [0.2, 0.25) is 0 Å². The van der Waals surface area contributed by atoms with Crippen molar-refractivity contribution in [2.45, 2.75) is 45.1 Å². The zero-order valence-electron chi connectivity index (χ0n) is 18.2. The molecule has 0 radical (unpaired) electrons. The molecular weight excluding hydrogens is 438 g/mol. The maximum absolute atomic E-state index is 13.8. The second kappa shape index (κ2) is 9.74. The molecule has 0 aliphatic heterocycles. The molecule has 3 rings (SSSR count). The monoisotopic (exact) mass is 464 g/mol. The van der Waals surface area contributed by atoms with Crippen molar-refractivity contribution in [2.24, 2.45) is 0 Å². The van der Waals surface area contributed by atoms with Crippen LogP contribution >= 0.6 is 0 Å². The maximum Gasteiger partial charge on any atom is 0.243 e. The predicted molar refractivity (Wildman–Crippen MR) is 119 cm³/mol. The fraction of sp³-hybridized carbons (Fsp3) is 0.364. The van der Waals surface area contributed by atoms with E-state index in [9.17, 15) is 22.0 Å². The molecule has 0 atom stereocenters. The summed E-state index contributed by atoms with van der Waals surface area (Å²) in [6.07, 6.45) is 0.306. The van der Waals surface area contributed by atoms with Crippen molar-refractivity contribution < 1.29 is 22.0 Å². The second-order valence-corrected chi connectivity index (χ2v) is 9.12. The van der Waals surface area contributed by atoms with Crippen LogP contribution < -0.4 is 5.32 Å². The zero-order chi connectivity index (χ0) is 23.5. The van der Waals surface area contributed by atoms with Gasteiger partial charge in [0.2, 0.25) is 15.9 Å². The molecule has 172 valence electrons. The molecular formula is C22H26F2N4O3S. The maximum atomic E-state index is 13.8. The third kappa shape index (κ3) is 4.81. The molecule has 10 heteroatoms. The molecule has 1 amide bonds. The van der Waals surface area contributed by atoms with Gasteiger partial charge in [-0.3, -0.25) is 4.79 Å². The number of rotatable bonds is 9. The Balaban J connectivity index is 1.81. The lowest BCUT2D eigenvalue weighted by molar-refractivity contribution is -0.116. The lowest BCUT2D eigenvalue weighted by Gasteiger charge is -2.18. The summed E-state index contributed by atoms with van der Waals surface area (Å²) in [5.41, 5.74) is 1.21. The number of carbonyl (C=O) groups excluding carboxylic acids is 1. The van der Waals surface area contributed by atoms with Crippen LogP contribution in [-0.4, -0.2) is 41.3 Å². The van der Waals surface area contributed by atoms with Gasteiger partial charge in [-0.05, 0) is 37.3 Å². The smallest absolute Gasteiger partial charge is 0.243 e. The molecule has 0 fully saturated rings. The largest absolute Gasteiger partial charge is 0.328 e. The van der Waals surface area contributed by atoms with Gasteiger partial charge >= 0.3 is 0 Å². The van der Waals surface area contributed by atoms with Crippen LogP contribution in [0.4, 0.5) is 14.5 Å². The average Bonchev–Trinajstić information content (AvgIpc) is 3.11. The number of nitrogens with one attached hydrogen (secondary N) is 1. The van der Waals surface area contributed by atoms with Gasteiger partial charge in [0.05, 0.1) is 21.6 Å². The van der Waals surface area contributed by atoms with E-state index in [1.165, 1.54) is 10.4 Å². The number of nitrogens with zero attached hydrogens (tertiary/aromatic N) is 3. The lowest BCUT2D eigenvalue weighted by Crippen LogP contribution is -2.30. The molecule has 1 heterocycles.